The van der Waals surface area contributed by atoms with Crippen molar-refractivity contribution < 1.29 is 15.1 Å². The van der Waals surface area contributed by atoms with Crippen molar-refractivity contribution in [3.8, 4) is 0 Å². The van der Waals surface area contributed by atoms with Crippen molar-refractivity contribution in [3.05, 3.63) is 58.7 Å². The molecule has 5 nitrogen and oxygen atoms in total. The van der Waals surface area contributed by atoms with Gasteiger partial charge in [-0.2, -0.15) is 0 Å². The van der Waals surface area contributed by atoms with E-state index in [9.17, 15) is 9.59 Å². The minimum Gasteiger partial charge on any atom is -0.412 e. The first-order valence-electron chi connectivity index (χ1n) is 10.9. The normalized spacial score (nSPS) is 11.6. The molecule has 0 bridgehead atoms. The lowest BCUT2D eigenvalue weighted by atomic mass is 9.95. The van der Waals surface area contributed by atoms with Crippen LogP contribution in [0.15, 0.2) is 46.2 Å². The Labute approximate surface area is 214 Å². The van der Waals surface area contributed by atoms with E-state index in [0.29, 0.717) is 19.5 Å². The molecule has 2 aromatic carbocycles. The number of rotatable bonds is 10. The van der Waals surface area contributed by atoms with E-state index in [-0.39, 0.29) is 41.9 Å². The van der Waals surface area contributed by atoms with Crippen molar-refractivity contribution in [1.82, 2.24) is 9.80 Å². The second kappa shape index (κ2) is 14.8. The molecule has 0 unspecified atom stereocenters. The fourth-order valence-corrected chi connectivity index (χ4v) is 4.97. The third-order valence-electron chi connectivity index (χ3n) is 5.93. The number of carbonyl (C=O) groups is 2. The second-order valence-corrected chi connectivity index (χ2v) is 8.74. The topological polar surface area (TPSA) is 72.1 Å². The summed E-state index contributed by atoms with van der Waals surface area (Å²) in [6, 6.07) is 12.1. The highest BCUT2D eigenvalue weighted by atomic mass is 35.5. The van der Waals surface area contributed by atoms with E-state index in [1.54, 1.807) is 11.8 Å². The van der Waals surface area contributed by atoms with E-state index in [2.05, 4.69) is 49.6 Å². The predicted octanol–water partition coefficient (Wildman–Crippen LogP) is 4.81. The number of fused-ring (bicyclic) bond motifs is 2. The number of carbonyl (C=O) groups excluding carboxylic acids is 2. The molecule has 184 valence electrons. The second-order valence-electron chi connectivity index (χ2n) is 7.65. The number of ketones is 2. The zero-order chi connectivity index (χ0) is 21.7. The summed E-state index contributed by atoms with van der Waals surface area (Å²) in [5, 5.41) is 0. The minimum atomic E-state index is 0. The van der Waals surface area contributed by atoms with Gasteiger partial charge in [-0.1, -0.05) is 57.7 Å². The number of hydrogen-bond donors (Lipinski definition) is 0. The molecule has 3 rings (SSSR count). The number of likely N-dealkylation sites (N-methyl/N-ethyl adjacent to an activating group) is 2. The van der Waals surface area contributed by atoms with Crippen LogP contribution in [0.25, 0.3) is 0 Å². The monoisotopic (exact) mass is 514 g/mol. The van der Waals surface area contributed by atoms with Gasteiger partial charge in [-0.05, 0) is 55.5 Å². The van der Waals surface area contributed by atoms with Crippen LogP contribution < -0.4 is 0 Å². The third-order valence-corrected chi connectivity index (χ3v) is 7.15. The molecule has 0 saturated heterocycles. The molecule has 2 N–H and O–H groups in total. The van der Waals surface area contributed by atoms with Crippen LogP contribution in [0.3, 0.4) is 0 Å². The van der Waals surface area contributed by atoms with Crippen LogP contribution in [0.2, 0.25) is 0 Å². The van der Waals surface area contributed by atoms with Gasteiger partial charge in [0.15, 0.2) is 11.6 Å². The Morgan fingerprint density at radius 2 is 1.39 bits per heavy atom. The van der Waals surface area contributed by atoms with Gasteiger partial charge >= 0.3 is 0 Å². The summed E-state index contributed by atoms with van der Waals surface area (Å²) in [6.45, 7) is 12.7. The van der Waals surface area contributed by atoms with Crippen LogP contribution in [-0.2, 0) is 6.42 Å². The summed E-state index contributed by atoms with van der Waals surface area (Å²) < 4.78 is 0. The van der Waals surface area contributed by atoms with Crippen LogP contribution in [0, 0.1) is 0 Å². The maximum Gasteiger partial charge on any atom is 0.177 e. The van der Waals surface area contributed by atoms with Crippen LogP contribution in [0.4, 0.5) is 0 Å². The molecule has 33 heavy (non-hydrogen) atoms. The quantitative estimate of drug-likeness (QED) is 0.363. The minimum absolute atomic E-state index is 0. The molecular formula is C25H36Cl2N2O3S. The molecule has 1 heterocycles. The zero-order valence-electron chi connectivity index (χ0n) is 19.8. The molecule has 0 saturated carbocycles. The maximum atomic E-state index is 13.0. The summed E-state index contributed by atoms with van der Waals surface area (Å²) in [4.78, 5) is 32.4. The standard InChI is InChI=1S/C25H32N2O2S.2ClH.H2O/c1-5-26(6-2)16-22(28)18-12-13-24-19(14-18)15-21-20(10-9-11-25(21)30-24)23(29)17-27(7-3)8-4;;;/h9-14H,5-8,15-17H2,1-4H3;2*1H;1H2. The Balaban J connectivity index is 0.00000341. The third kappa shape index (κ3) is 7.54. The molecule has 0 atom stereocenters. The Bertz CT molecular complexity index is 932. The summed E-state index contributed by atoms with van der Waals surface area (Å²) in [7, 11) is 0. The van der Waals surface area contributed by atoms with Crippen LogP contribution >= 0.6 is 36.6 Å². The number of Topliss-reactive ketones (excluding diaryl/α,β-unsaturated/α-hetero) is 2. The van der Waals surface area contributed by atoms with E-state index in [4.69, 9.17) is 0 Å². The summed E-state index contributed by atoms with van der Waals surface area (Å²) in [5.74, 6) is 0.330. The molecule has 8 heteroatoms. The average molecular weight is 516 g/mol. The lowest BCUT2D eigenvalue weighted by Crippen LogP contribution is -2.30. The van der Waals surface area contributed by atoms with E-state index >= 15 is 0 Å². The van der Waals surface area contributed by atoms with Crippen LogP contribution in [-0.4, -0.2) is 66.1 Å². The van der Waals surface area contributed by atoms with Crippen LogP contribution in [0.1, 0.15) is 59.5 Å². The smallest absolute Gasteiger partial charge is 0.177 e. The number of nitrogens with zero attached hydrogens (tertiary/aromatic N) is 2. The van der Waals surface area contributed by atoms with Gasteiger partial charge in [0.2, 0.25) is 0 Å². The molecule has 1 aliphatic rings. The highest BCUT2D eigenvalue weighted by Gasteiger charge is 2.23. The molecule has 0 aromatic heterocycles. The maximum absolute atomic E-state index is 13.0. The van der Waals surface area contributed by atoms with Crippen molar-refractivity contribution in [3.63, 3.8) is 0 Å². The highest BCUT2D eigenvalue weighted by molar-refractivity contribution is 7.99. The highest BCUT2D eigenvalue weighted by Crippen LogP contribution is 2.41. The summed E-state index contributed by atoms with van der Waals surface area (Å²) >= 11 is 1.70. The predicted molar refractivity (Wildman–Crippen MR) is 142 cm³/mol. The first-order valence-corrected chi connectivity index (χ1v) is 11.8. The van der Waals surface area contributed by atoms with Gasteiger partial charge in [0.1, 0.15) is 0 Å². The zero-order valence-corrected chi connectivity index (χ0v) is 22.3. The number of benzene rings is 2. The molecule has 0 amide bonds. The number of hydrogen-bond acceptors (Lipinski definition) is 5. The Kier molecular flexibility index (Phi) is 14.1. The SMILES string of the molecule is CCN(CC)CC(=O)c1ccc2c(c1)Cc1c(cccc1C(=O)CN(CC)CC)S2.Cl.Cl.O. The fraction of sp³-hybridized carbons (Fsp3) is 0.440. The first-order chi connectivity index (χ1) is 14.5. The van der Waals surface area contributed by atoms with E-state index in [1.807, 2.05) is 24.3 Å². The van der Waals surface area contributed by atoms with Gasteiger partial charge in [-0.25, -0.2) is 0 Å². The van der Waals surface area contributed by atoms with E-state index in [1.165, 1.54) is 4.90 Å². The first kappa shape index (κ1) is 31.6. The van der Waals surface area contributed by atoms with Gasteiger partial charge in [0.25, 0.3) is 0 Å². The number of halogens is 2. The van der Waals surface area contributed by atoms with Gasteiger partial charge < -0.3 is 5.48 Å². The van der Waals surface area contributed by atoms with Gasteiger partial charge in [0.05, 0.1) is 13.1 Å². The molecule has 0 spiro atoms. The van der Waals surface area contributed by atoms with Crippen LogP contribution in [0.5, 0.6) is 0 Å². The van der Waals surface area contributed by atoms with E-state index < -0.39 is 0 Å². The summed E-state index contributed by atoms with van der Waals surface area (Å²) in [5.41, 5.74) is 3.82. The molecule has 1 aliphatic heterocycles. The van der Waals surface area contributed by atoms with Crippen molar-refractivity contribution in [2.24, 2.45) is 0 Å². The van der Waals surface area contributed by atoms with Gasteiger partial charge in [-0.15, -0.1) is 24.8 Å². The van der Waals surface area contributed by atoms with Gasteiger partial charge in [-0.3, -0.25) is 19.4 Å². The van der Waals surface area contributed by atoms with E-state index in [0.717, 1.165) is 53.3 Å². The fourth-order valence-electron chi connectivity index (χ4n) is 3.88. The summed E-state index contributed by atoms with van der Waals surface area (Å²) in [6.07, 6.45) is 0.699. The Morgan fingerprint density at radius 3 is 1.97 bits per heavy atom. The average Bonchev–Trinajstić information content (AvgIpc) is 2.78. The molecule has 0 aliphatic carbocycles. The van der Waals surface area contributed by atoms with Crippen molar-refractivity contribution >= 4 is 48.1 Å². The molecule has 2 aromatic rings. The van der Waals surface area contributed by atoms with Crippen molar-refractivity contribution in [2.45, 2.75) is 43.9 Å². The Hall–Kier alpha value is -1.41. The largest absolute Gasteiger partial charge is 0.412 e. The molecular weight excluding hydrogens is 479 g/mol. The van der Waals surface area contributed by atoms with Crippen molar-refractivity contribution in [2.75, 3.05) is 39.3 Å². The lowest BCUT2D eigenvalue weighted by molar-refractivity contribution is 0.0928. The molecule has 0 radical (unpaired) electrons. The van der Waals surface area contributed by atoms with Crippen molar-refractivity contribution in [1.29, 1.82) is 0 Å². The van der Waals surface area contributed by atoms with Gasteiger partial charge in [0, 0.05) is 27.3 Å². The Morgan fingerprint density at radius 1 is 0.818 bits per heavy atom. The lowest BCUT2D eigenvalue weighted by Gasteiger charge is -2.23. The molecule has 0 fully saturated rings.